The van der Waals surface area contributed by atoms with Crippen LogP contribution in [-0.4, -0.2) is 48.6 Å². The number of nitrogens with zero attached hydrogens (tertiary/aromatic N) is 4. The molecule has 1 N–H and O–H groups in total. The molecule has 1 aromatic rings. The van der Waals surface area contributed by atoms with Gasteiger partial charge in [-0.15, -0.1) is 0 Å². The van der Waals surface area contributed by atoms with Gasteiger partial charge in [0.1, 0.15) is 6.07 Å². The summed E-state index contributed by atoms with van der Waals surface area (Å²) >= 11 is 0. The normalized spacial score (nSPS) is 11.3. The molecule has 19 heavy (non-hydrogen) atoms. The molecule has 0 saturated carbocycles. The standard InChI is InChI=1S/C11H17N5O2S/c1-3-16(19(2,17)18)8-4-5-14-11-10(9-12)13-6-7-15-11/h6-7H,3-5,8H2,1-2H3,(H,14,15). The Morgan fingerprint density at radius 2 is 2.11 bits per heavy atom. The molecule has 0 saturated heterocycles. The first-order chi connectivity index (χ1) is 8.99. The van der Waals surface area contributed by atoms with Crippen molar-refractivity contribution in [2.24, 2.45) is 0 Å². The van der Waals surface area contributed by atoms with E-state index in [-0.39, 0.29) is 5.69 Å². The van der Waals surface area contributed by atoms with Crippen LogP contribution in [0.25, 0.3) is 0 Å². The first kappa shape index (κ1) is 15.3. The molecule has 0 atom stereocenters. The van der Waals surface area contributed by atoms with Crippen LogP contribution in [0.2, 0.25) is 0 Å². The van der Waals surface area contributed by atoms with Crippen LogP contribution < -0.4 is 5.32 Å². The molecule has 0 aliphatic heterocycles. The van der Waals surface area contributed by atoms with Crippen molar-refractivity contribution in [2.45, 2.75) is 13.3 Å². The largest absolute Gasteiger partial charge is 0.368 e. The number of rotatable bonds is 7. The minimum absolute atomic E-state index is 0.234. The van der Waals surface area contributed by atoms with E-state index < -0.39 is 10.0 Å². The first-order valence-electron chi connectivity index (χ1n) is 5.89. The van der Waals surface area contributed by atoms with Gasteiger partial charge in [-0.3, -0.25) is 0 Å². The highest BCUT2D eigenvalue weighted by molar-refractivity contribution is 7.88. The third-order valence-electron chi connectivity index (χ3n) is 2.50. The van der Waals surface area contributed by atoms with Gasteiger partial charge in [-0.2, -0.15) is 5.26 Å². The smallest absolute Gasteiger partial charge is 0.211 e. The third-order valence-corrected chi connectivity index (χ3v) is 3.88. The maximum absolute atomic E-state index is 11.4. The monoisotopic (exact) mass is 283 g/mol. The van der Waals surface area contributed by atoms with Crippen molar-refractivity contribution in [3.63, 3.8) is 0 Å². The van der Waals surface area contributed by atoms with Crippen LogP contribution in [-0.2, 0) is 10.0 Å². The highest BCUT2D eigenvalue weighted by atomic mass is 32.2. The Morgan fingerprint density at radius 1 is 1.42 bits per heavy atom. The average Bonchev–Trinajstić information content (AvgIpc) is 2.37. The van der Waals surface area contributed by atoms with E-state index in [0.717, 1.165) is 0 Å². The molecule has 0 unspecified atom stereocenters. The molecule has 8 heteroatoms. The Morgan fingerprint density at radius 3 is 2.68 bits per heavy atom. The van der Waals surface area contributed by atoms with Gasteiger partial charge in [-0.1, -0.05) is 6.92 Å². The van der Waals surface area contributed by atoms with Crippen molar-refractivity contribution < 1.29 is 8.42 Å². The number of sulfonamides is 1. The fourth-order valence-electron chi connectivity index (χ4n) is 1.57. The van der Waals surface area contributed by atoms with E-state index in [4.69, 9.17) is 5.26 Å². The molecule has 1 heterocycles. The number of anilines is 1. The number of hydrogen-bond acceptors (Lipinski definition) is 6. The van der Waals surface area contributed by atoms with E-state index in [0.29, 0.717) is 31.9 Å². The third kappa shape index (κ3) is 4.81. The molecule has 0 aliphatic rings. The van der Waals surface area contributed by atoms with E-state index in [9.17, 15) is 8.42 Å². The lowest BCUT2D eigenvalue weighted by atomic mass is 10.4. The van der Waals surface area contributed by atoms with Gasteiger partial charge in [0.2, 0.25) is 10.0 Å². The molecule has 104 valence electrons. The van der Waals surface area contributed by atoms with Gasteiger partial charge in [-0.05, 0) is 6.42 Å². The number of nitrogens with one attached hydrogen (secondary N) is 1. The minimum atomic E-state index is -3.15. The molecule has 0 spiro atoms. The summed E-state index contributed by atoms with van der Waals surface area (Å²) in [4.78, 5) is 7.88. The number of nitriles is 1. The molecule has 0 aromatic carbocycles. The van der Waals surface area contributed by atoms with E-state index in [1.165, 1.54) is 23.0 Å². The first-order valence-corrected chi connectivity index (χ1v) is 7.74. The summed E-state index contributed by atoms with van der Waals surface area (Å²) in [7, 11) is -3.15. The second-order valence-electron chi connectivity index (χ2n) is 3.90. The Bertz CT molecular complexity index is 552. The van der Waals surface area contributed by atoms with Gasteiger partial charge in [0.25, 0.3) is 0 Å². The zero-order valence-corrected chi connectivity index (χ0v) is 11.8. The van der Waals surface area contributed by atoms with Crippen LogP contribution in [0.1, 0.15) is 19.0 Å². The lowest BCUT2D eigenvalue weighted by Gasteiger charge is -2.17. The second kappa shape index (κ2) is 7.01. The predicted molar refractivity (Wildman–Crippen MR) is 71.9 cm³/mol. The van der Waals surface area contributed by atoms with Gasteiger partial charge in [0.15, 0.2) is 11.5 Å². The van der Waals surface area contributed by atoms with Gasteiger partial charge < -0.3 is 5.32 Å². The Kier molecular flexibility index (Phi) is 5.66. The lowest BCUT2D eigenvalue weighted by Crippen LogP contribution is -2.31. The molecule has 0 bridgehead atoms. The van der Waals surface area contributed by atoms with Crippen LogP contribution in [0.4, 0.5) is 5.82 Å². The summed E-state index contributed by atoms with van der Waals surface area (Å²) in [5.74, 6) is 0.424. The van der Waals surface area contributed by atoms with Crippen molar-refractivity contribution in [1.29, 1.82) is 5.26 Å². The summed E-state index contributed by atoms with van der Waals surface area (Å²) in [6.45, 7) is 3.21. The zero-order valence-electron chi connectivity index (χ0n) is 11.0. The van der Waals surface area contributed by atoms with E-state index >= 15 is 0 Å². The molecule has 1 aromatic heterocycles. The quantitative estimate of drug-likeness (QED) is 0.729. The van der Waals surface area contributed by atoms with Crippen LogP contribution in [0, 0.1) is 11.3 Å². The Hall–Kier alpha value is -1.72. The van der Waals surface area contributed by atoms with E-state index in [2.05, 4.69) is 15.3 Å². The molecular weight excluding hydrogens is 266 g/mol. The maximum Gasteiger partial charge on any atom is 0.211 e. The van der Waals surface area contributed by atoms with Crippen molar-refractivity contribution in [3.05, 3.63) is 18.1 Å². The number of aromatic nitrogens is 2. The zero-order chi connectivity index (χ0) is 14.3. The van der Waals surface area contributed by atoms with Crippen LogP contribution >= 0.6 is 0 Å². The maximum atomic E-state index is 11.4. The predicted octanol–water partition coefficient (Wildman–Crippen LogP) is 0.432. The lowest BCUT2D eigenvalue weighted by molar-refractivity contribution is 0.428. The highest BCUT2D eigenvalue weighted by Crippen LogP contribution is 2.06. The fourth-order valence-corrected chi connectivity index (χ4v) is 2.50. The Labute approximate surface area is 113 Å². The van der Waals surface area contributed by atoms with Crippen molar-refractivity contribution in [1.82, 2.24) is 14.3 Å². The molecule has 1 rings (SSSR count). The fraction of sp³-hybridized carbons (Fsp3) is 0.545. The molecule has 0 fully saturated rings. The van der Waals surface area contributed by atoms with Crippen LogP contribution in [0.15, 0.2) is 12.4 Å². The van der Waals surface area contributed by atoms with Gasteiger partial charge in [-0.25, -0.2) is 22.7 Å². The summed E-state index contributed by atoms with van der Waals surface area (Å²) in [5.41, 5.74) is 0.234. The molecule has 0 aliphatic carbocycles. The van der Waals surface area contributed by atoms with Gasteiger partial charge >= 0.3 is 0 Å². The van der Waals surface area contributed by atoms with Crippen LogP contribution in [0.5, 0.6) is 0 Å². The highest BCUT2D eigenvalue weighted by Gasteiger charge is 2.13. The average molecular weight is 283 g/mol. The second-order valence-corrected chi connectivity index (χ2v) is 5.88. The van der Waals surface area contributed by atoms with E-state index in [1.807, 2.05) is 6.07 Å². The topological polar surface area (TPSA) is 99.0 Å². The van der Waals surface area contributed by atoms with E-state index in [1.54, 1.807) is 6.92 Å². The summed E-state index contributed by atoms with van der Waals surface area (Å²) in [5, 5.41) is 11.8. The Balaban J connectivity index is 2.45. The summed E-state index contributed by atoms with van der Waals surface area (Å²) in [6.07, 6.45) is 4.77. The SMILES string of the molecule is CCN(CCCNc1nccnc1C#N)S(C)(=O)=O. The minimum Gasteiger partial charge on any atom is -0.368 e. The number of hydrogen-bond donors (Lipinski definition) is 1. The molecule has 0 amide bonds. The molecule has 0 radical (unpaired) electrons. The molecular formula is C11H17N5O2S. The van der Waals surface area contributed by atoms with Crippen molar-refractivity contribution >= 4 is 15.8 Å². The van der Waals surface area contributed by atoms with Crippen molar-refractivity contribution in [3.8, 4) is 6.07 Å². The molecule has 7 nitrogen and oxygen atoms in total. The summed E-state index contributed by atoms with van der Waals surface area (Å²) < 4.78 is 24.1. The summed E-state index contributed by atoms with van der Waals surface area (Å²) in [6, 6.07) is 1.94. The van der Waals surface area contributed by atoms with Crippen molar-refractivity contribution in [2.75, 3.05) is 31.2 Å². The van der Waals surface area contributed by atoms with Gasteiger partial charge in [0, 0.05) is 32.0 Å². The van der Waals surface area contributed by atoms with Gasteiger partial charge in [0.05, 0.1) is 6.26 Å². The van der Waals surface area contributed by atoms with Crippen LogP contribution in [0.3, 0.4) is 0 Å².